The highest BCUT2D eigenvalue weighted by atomic mass is 16.5. The number of nitrogens with zero attached hydrogens (tertiary/aromatic N) is 1. The summed E-state index contributed by atoms with van der Waals surface area (Å²) in [7, 11) is 1.66. The molecule has 0 radical (unpaired) electrons. The lowest BCUT2D eigenvalue weighted by Crippen LogP contribution is -2.34. The largest absolute Gasteiger partial charge is 0.496 e. The van der Waals surface area contributed by atoms with Gasteiger partial charge in [-0.3, -0.25) is 0 Å². The van der Waals surface area contributed by atoms with Crippen LogP contribution in [0.15, 0.2) is 146 Å². The topological polar surface area (TPSA) is 43.6 Å². The first-order chi connectivity index (χ1) is 24.2. The quantitative estimate of drug-likeness (QED) is 0.205. The first kappa shape index (κ1) is 28.0. The summed E-state index contributed by atoms with van der Waals surface area (Å²) in [5, 5.41) is 15.1. The average Bonchev–Trinajstić information content (AvgIpc) is 3.68. The summed E-state index contributed by atoms with van der Waals surface area (Å²) in [6.07, 6.45) is 4.40. The van der Waals surface area contributed by atoms with E-state index in [2.05, 4.69) is 144 Å². The summed E-state index contributed by atoms with van der Waals surface area (Å²) < 4.78 is 15.6. The van der Waals surface area contributed by atoms with Gasteiger partial charge in [-0.05, 0) is 59.2 Å². The zero-order chi connectivity index (χ0) is 32.7. The number of aliphatic hydroxyl groups excluding tert-OH is 1. The van der Waals surface area contributed by atoms with Crippen LogP contribution in [-0.2, 0) is 12.2 Å². The zero-order valence-corrected chi connectivity index (χ0v) is 26.9. The van der Waals surface area contributed by atoms with Gasteiger partial charge in [-0.15, -0.1) is 0 Å². The number of ether oxygens (including phenoxy) is 2. The molecule has 2 aliphatic rings. The van der Waals surface area contributed by atoms with Gasteiger partial charge in [0.25, 0.3) is 0 Å². The van der Waals surface area contributed by atoms with Crippen molar-refractivity contribution in [2.75, 3.05) is 7.11 Å². The molecule has 0 spiro atoms. The smallest absolute Gasteiger partial charge is 0.178 e. The Balaban J connectivity index is 1.18. The van der Waals surface area contributed by atoms with Gasteiger partial charge >= 0.3 is 0 Å². The lowest BCUT2D eigenvalue weighted by molar-refractivity contribution is 0.163. The van der Waals surface area contributed by atoms with Crippen molar-refractivity contribution in [1.82, 2.24) is 4.57 Å². The molecule has 0 saturated carbocycles. The SMILES string of the molecule is COc1cc2c3c(cc4c2c(c1CO)-c1ccccc1-4)C=CC(c1ccccc1)(c1ccc(-n2c4ccccc4c4ccccc42)cc1)O3. The molecule has 0 bridgehead atoms. The molecule has 1 atom stereocenters. The Labute approximate surface area is 283 Å². The van der Waals surface area contributed by atoms with Crippen LogP contribution < -0.4 is 9.47 Å². The number of hydrogen-bond acceptors (Lipinski definition) is 3. The number of benzene rings is 7. The number of methoxy groups -OCH3 is 1. The predicted octanol–water partition coefficient (Wildman–Crippen LogP) is 10.4. The van der Waals surface area contributed by atoms with Gasteiger partial charge in [0, 0.05) is 55.0 Å². The third-order valence-corrected chi connectivity index (χ3v) is 10.4. The van der Waals surface area contributed by atoms with Crippen LogP contribution in [0.5, 0.6) is 11.5 Å². The number of para-hydroxylation sites is 2. The van der Waals surface area contributed by atoms with Crippen LogP contribution in [0.3, 0.4) is 0 Å². The van der Waals surface area contributed by atoms with Gasteiger partial charge in [0.1, 0.15) is 11.5 Å². The highest BCUT2D eigenvalue weighted by Gasteiger charge is 2.39. The monoisotopic (exact) mass is 633 g/mol. The molecule has 1 aromatic heterocycles. The zero-order valence-electron chi connectivity index (χ0n) is 26.9. The van der Waals surface area contributed by atoms with Crippen LogP contribution in [0.1, 0.15) is 22.3 Å². The van der Waals surface area contributed by atoms with E-state index in [4.69, 9.17) is 9.47 Å². The third-order valence-electron chi connectivity index (χ3n) is 10.4. The summed E-state index contributed by atoms with van der Waals surface area (Å²) in [6.45, 7) is -0.119. The van der Waals surface area contributed by atoms with Crippen LogP contribution in [0.4, 0.5) is 0 Å². The maximum absolute atomic E-state index is 10.6. The number of fused-ring (bicyclic) bond motifs is 8. The molecule has 1 unspecified atom stereocenters. The molecular weight excluding hydrogens is 602 g/mol. The molecule has 0 saturated heterocycles. The van der Waals surface area contributed by atoms with Crippen molar-refractivity contribution in [2.45, 2.75) is 12.2 Å². The van der Waals surface area contributed by atoms with E-state index < -0.39 is 5.60 Å². The van der Waals surface area contributed by atoms with E-state index in [-0.39, 0.29) is 6.61 Å². The molecule has 1 N–H and O–H groups in total. The van der Waals surface area contributed by atoms with Crippen molar-refractivity contribution in [3.63, 3.8) is 0 Å². The van der Waals surface area contributed by atoms with Crippen LogP contribution in [0.2, 0.25) is 0 Å². The second-order valence-corrected chi connectivity index (χ2v) is 12.9. The molecular formula is C45H31NO3. The summed E-state index contributed by atoms with van der Waals surface area (Å²) in [5.41, 5.74) is 10.9. The Kier molecular flexibility index (Phi) is 5.96. The maximum atomic E-state index is 10.6. The highest BCUT2D eigenvalue weighted by molar-refractivity contribution is 6.19. The van der Waals surface area contributed by atoms with Crippen LogP contribution in [-0.4, -0.2) is 16.8 Å². The summed E-state index contributed by atoms with van der Waals surface area (Å²) in [5.74, 6) is 1.45. The molecule has 2 heterocycles. The molecule has 0 fully saturated rings. The minimum absolute atomic E-state index is 0.119. The van der Waals surface area contributed by atoms with Gasteiger partial charge in [-0.2, -0.15) is 0 Å². The Bertz CT molecular complexity index is 2600. The van der Waals surface area contributed by atoms with Gasteiger partial charge in [0.15, 0.2) is 5.60 Å². The van der Waals surface area contributed by atoms with Crippen LogP contribution in [0.25, 0.3) is 66.6 Å². The number of aromatic nitrogens is 1. The van der Waals surface area contributed by atoms with Crippen LogP contribution >= 0.6 is 0 Å². The third kappa shape index (κ3) is 3.83. The predicted molar refractivity (Wildman–Crippen MR) is 199 cm³/mol. The molecule has 234 valence electrons. The molecule has 8 aromatic rings. The van der Waals surface area contributed by atoms with E-state index in [1.54, 1.807) is 7.11 Å². The van der Waals surface area contributed by atoms with Crippen molar-refractivity contribution >= 4 is 38.7 Å². The summed E-state index contributed by atoms with van der Waals surface area (Å²) >= 11 is 0. The van der Waals surface area contributed by atoms with Crippen molar-refractivity contribution in [3.05, 3.63) is 168 Å². The molecule has 4 heteroatoms. The van der Waals surface area contributed by atoms with Gasteiger partial charge in [0.05, 0.1) is 24.8 Å². The Morgan fingerprint density at radius 2 is 1.29 bits per heavy atom. The van der Waals surface area contributed by atoms with E-state index >= 15 is 0 Å². The normalized spacial score (nSPS) is 15.8. The average molecular weight is 634 g/mol. The van der Waals surface area contributed by atoms with Gasteiger partial charge in [-0.25, -0.2) is 0 Å². The van der Waals surface area contributed by atoms with Gasteiger partial charge in [-0.1, -0.05) is 109 Å². The highest BCUT2D eigenvalue weighted by Crippen LogP contribution is 2.56. The number of rotatable bonds is 5. The van der Waals surface area contributed by atoms with Crippen LogP contribution in [0, 0.1) is 0 Å². The lowest BCUT2D eigenvalue weighted by Gasteiger charge is -2.37. The summed E-state index contributed by atoms with van der Waals surface area (Å²) in [6, 6.07) is 49.1. The van der Waals surface area contributed by atoms with Crippen molar-refractivity contribution in [1.29, 1.82) is 0 Å². The second-order valence-electron chi connectivity index (χ2n) is 12.9. The molecule has 1 aliphatic heterocycles. The summed E-state index contributed by atoms with van der Waals surface area (Å²) in [4.78, 5) is 0. The van der Waals surface area contributed by atoms with Gasteiger partial charge in [0.2, 0.25) is 0 Å². The Hall–Kier alpha value is -6.10. The fraction of sp³-hybridized carbons (Fsp3) is 0.0667. The fourth-order valence-electron chi connectivity index (χ4n) is 8.25. The Morgan fingerprint density at radius 1 is 0.653 bits per heavy atom. The maximum Gasteiger partial charge on any atom is 0.178 e. The minimum Gasteiger partial charge on any atom is -0.496 e. The van der Waals surface area contributed by atoms with Gasteiger partial charge < -0.3 is 19.1 Å². The number of aliphatic hydroxyl groups is 1. The van der Waals surface area contributed by atoms with Crippen molar-refractivity contribution < 1.29 is 14.6 Å². The Morgan fingerprint density at radius 3 is 1.98 bits per heavy atom. The van der Waals surface area contributed by atoms with Crippen molar-refractivity contribution in [2.24, 2.45) is 0 Å². The number of hydrogen-bond donors (Lipinski definition) is 1. The van der Waals surface area contributed by atoms with E-state index in [0.29, 0.717) is 5.75 Å². The van der Waals surface area contributed by atoms with E-state index in [1.807, 2.05) is 12.1 Å². The molecule has 49 heavy (non-hydrogen) atoms. The first-order valence-electron chi connectivity index (χ1n) is 16.6. The van der Waals surface area contributed by atoms with E-state index in [9.17, 15) is 5.11 Å². The van der Waals surface area contributed by atoms with E-state index in [1.165, 1.54) is 21.8 Å². The molecule has 0 amide bonds. The van der Waals surface area contributed by atoms with E-state index in [0.717, 1.165) is 66.7 Å². The molecule has 4 nitrogen and oxygen atoms in total. The lowest BCUT2D eigenvalue weighted by atomic mass is 9.82. The second kappa shape index (κ2) is 10.4. The fourth-order valence-corrected chi connectivity index (χ4v) is 8.25. The molecule has 1 aliphatic carbocycles. The first-order valence-corrected chi connectivity index (χ1v) is 16.6. The minimum atomic E-state index is -0.883. The molecule has 7 aromatic carbocycles. The standard InChI is InChI=1S/C45H31NO3/c1-48-41-26-37-43-36(32-13-5-6-16-35(32)42(43)38(41)27-47)25-28-23-24-45(49-44(28)37,29-11-3-2-4-12-29)30-19-21-31(22-20-30)46-39-17-9-7-14-33(39)34-15-8-10-18-40(34)46/h2-26,47H,27H2,1H3. The molecule has 10 rings (SSSR count). The van der Waals surface area contributed by atoms with Crippen molar-refractivity contribution in [3.8, 4) is 39.4 Å².